The van der Waals surface area contributed by atoms with Crippen LogP contribution in [0.15, 0.2) is 24.3 Å². The van der Waals surface area contributed by atoms with E-state index < -0.39 is 5.54 Å². The summed E-state index contributed by atoms with van der Waals surface area (Å²) >= 11 is 0. The number of amides is 1. The van der Waals surface area contributed by atoms with Crippen molar-refractivity contribution < 1.29 is 4.79 Å². The molecule has 0 aromatic heterocycles. The molecule has 3 N–H and O–H groups in total. The topological polar surface area (TPSA) is 55.1 Å². The van der Waals surface area contributed by atoms with Crippen LogP contribution < -0.4 is 11.1 Å². The fourth-order valence-electron chi connectivity index (χ4n) is 1.12. The second-order valence-electron chi connectivity index (χ2n) is 4.23. The Morgan fingerprint density at radius 3 is 2.19 bits per heavy atom. The number of carbonyl (C=O) groups is 1. The van der Waals surface area contributed by atoms with Crippen molar-refractivity contribution in [2.24, 2.45) is 5.73 Å². The fraction of sp³-hybridized carbons (Fsp3) is 0.417. The van der Waals surface area contributed by atoms with Gasteiger partial charge in [0.1, 0.15) is 0 Å². The second-order valence-corrected chi connectivity index (χ2v) is 4.23. The molecule has 0 aliphatic rings. The Kier molecular flexibility index (Phi) is 5.48. The molecule has 0 saturated heterocycles. The third-order valence-electron chi connectivity index (χ3n) is 2.21. The lowest BCUT2D eigenvalue weighted by molar-refractivity contribution is -0.120. The van der Waals surface area contributed by atoms with Gasteiger partial charge in [-0.1, -0.05) is 19.1 Å². The van der Waals surface area contributed by atoms with Gasteiger partial charge < -0.3 is 11.1 Å². The number of hydrogen-bond acceptors (Lipinski definition) is 2. The molecule has 4 heteroatoms. The minimum Gasteiger partial charge on any atom is -0.325 e. The summed E-state index contributed by atoms with van der Waals surface area (Å²) in [4.78, 5) is 11.6. The molecule has 3 nitrogen and oxygen atoms in total. The van der Waals surface area contributed by atoms with Crippen LogP contribution in [-0.4, -0.2) is 11.4 Å². The smallest absolute Gasteiger partial charge is 0.243 e. The first-order valence-electron chi connectivity index (χ1n) is 5.12. The lowest BCUT2D eigenvalue weighted by atomic mass is 10.1. The number of nitrogens with one attached hydrogen (secondary N) is 1. The van der Waals surface area contributed by atoms with Crippen molar-refractivity contribution in [1.29, 1.82) is 0 Å². The Labute approximate surface area is 103 Å². The van der Waals surface area contributed by atoms with E-state index in [-0.39, 0.29) is 18.3 Å². The minimum absolute atomic E-state index is 0. The maximum Gasteiger partial charge on any atom is 0.243 e. The van der Waals surface area contributed by atoms with Gasteiger partial charge in [0.05, 0.1) is 5.54 Å². The third-order valence-corrected chi connectivity index (χ3v) is 2.21. The van der Waals surface area contributed by atoms with Gasteiger partial charge in [-0.05, 0) is 38.0 Å². The number of benzene rings is 1. The maximum atomic E-state index is 11.6. The molecule has 0 fully saturated rings. The molecule has 0 atom stereocenters. The van der Waals surface area contributed by atoms with Gasteiger partial charge in [-0.15, -0.1) is 12.4 Å². The fourth-order valence-corrected chi connectivity index (χ4v) is 1.12. The van der Waals surface area contributed by atoms with Gasteiger partial charge in [-0.3, -0.25) is 4.79 Å². The summed E-state index contributed by atoms with van der Waals surface area (Å²) in [5.41, 5.74) is 6.86. The Morgan fingerprint density at radius 2 is 1.81 bits per heavy atom. The molecule has 0 aliphatic heterocycles. The summed E-state index contributed by atoms with van der Waals surface area (Å²) in [5.74, 6) is -0.174. The van der Waals surface area contributed by atoms with Crippen molar-refractivity contribution >= 4 is 24.0 Å². The van der Waals surface area contributed by atoms with Crippen LogP contribution in [0.2, 0.25) is 0 Å². The molecule has 1 rings (SSSR count). The molecular formula is C12H19ClN2O. The Balaban J connectivity index is 0.00000225. The monoisotopic (exact) mass is 242 g/mol. The number of aryl methyl sites for hydroxylation is 1. The highest BCUT2D eigenvalue weighted by Gasteiger charge is 2.21. The zero-order valence-corrected chi connectivity index (χ0v) is 10.7. The molecule has 0 saturated carbocycles. The van der Waals surface area contributed by atoms with Gasteiger partial charge in [-0.25, -0.2) is 0 Å². The molecular weight excluding hydrogens is 224 g/mol. The van der Waals surface area contributed by atoms with E-state index >= 15 is 0 Å². The molecule has 0 radical (unpaired) electrons. The highest BCUT2D eigenvalue weighted by atomic mass is 35.5. The first kappa shape index (κ1) is 14.9. The van der Waals surface area contributed by atoms with Crippen LogP contribution in [0.5, 0.6) is 0 Å². The van der Waals surface area contributed by atoms with E-state index in [1.807, 2.05) is 24.3 Å². The first-order valence-corrected chi connectivity index (χ1v) is 5.12. The number of halogens is 1. The van der Waals surface area contributed by atoms with Gasteiger partial charge in [0.15, 0.2) is 0 Å². The molecule has 1 aromatic carbocycles. The van der Waals surface area contributed by atoms with E-state index in [1.54, 1.807) is 13.8 Å². The number of rotatable bonds is 3. The lowest BCUT2D eigenvalue weighted by Gasteiger charge is -2.17. The molecule has 16 heavy (non-hydrogen) atoms. The molecule has 1 aromatic rings. The van der Waals surface area contributed by atoms with Crippen molar-refractivity contribution in [3.63, 3.8) is 0 Å². The highest BCUT2D eigenvalue weighted by Crippen LogP contribution is 2.11. The first-order chi connectivity index (χ1) is 6.93. The summed E-state index contributed by atoms with van der Waals surface area (Å²) in [5, 5.41) is 2.77. The minimum atomic E-state index is -0.844. The third kappa shape index (κ3) is 4.21. The normalized spacial score (nSPS) is 10.5. The summed E-state index contributed by atoms with van der Waals surface area (Å²) < 4.78 is 0. The Hall–Kier alpha value is -1.06. The van der Waals surface area contributed by atoms with Crippen LogP contribution in [0.25, 0.3) is 0 Å². The largest absolute Gasteiger partial charge is 0.325 e. The van der Waals surface area contributed by atoms with E-state index in [0.29, 0.717) is 0 Å². The van der Waals surface area contributed by atoms with Crippen LogP contribution >= 0.6 is 12.4 Å². The summed E-state index contributed by atoms with van der Waals surface area (Å²) in [6.07, 6.45) is 0.997. The maximum absolute atomic E-state index is 11.6. The predicted octanol–water partition coefficient (Wildman–Crippen LogP) is 2.35. The van der Waals surface area contributed by atoms with Gasteiger partial charge >= 0.3 is 0 Å². The Morgan fingerprint density at radius 1 is 1.31 bits per heavy atom. The van der Waals surface area contributed by atoms with Crippen LogP contribution in [0.4, 0.5) is 5.69 Å². The molecule has 0 spiro atoms. The van der Waals surface area contributed by atoms with Crippen LogP contribution in [0.1, 0.15) is 26.3 Å². The molecule has 0 unspecified atom stereocenters. The van der Waals surface area contributed by atoms with Crippen LogP contribution in [0.3, 0.4) is 0 Å². The van der Waals surface area contributed by atoms with E-state index in [4.69, 9.17) is 5.73 Å². The van der Waals surface area contributed by atoms with E-state index in [0.717, 1.165) is 12.1 Å². The molecule has 0 bridgehead atoms. The molecule has 90 valence electrons. The zero-order chi connectivity index (χ0) is 11.5. The van der Waals surface area contributed by atoms with Crippen molar-refractivity contribution in [1.82, 2.24) is 0 Å². The molecule has 0 heterocycles. The van der Waals surface area contributed by atoms with E-state index in [2.05, 4.69) is 12.2 Å². The summed E-state index contributed by atoms with van der Waals surface area (Å²) in [6, 6.07) is 7.78. The summed E-state index contributed by atoms with van der Waals surface area (Å²) in [7, 11) is 0. The van der Waals surface area contributed by atoms with Crippen molar-refractivity contribution in [2.45, 2.75) is 32.7 Å². The van der Waals surface area contributed by atoms with E-state index in [9.17, 15) is 4.79 Å². The number of carbonyl (C=O) groups excluding carboxylic acids is 1. The van der Waals surface area contributed by atoms with E-state index in [1.165, 1.54) is 5.56 Å². The van der Waals surface area contributed by atoms with Gasteiger partial charge in [-0.2, -0.15) is 0 Å². The average Bonchev–Trinajstić information content (AvgIpc) is 2.17. The highest BCUT2D eigenvalue weighted by molar-refractivity contribution is 5.97. The second kappa shape index (κ2) is 5.87. The lowest BCUT2D eigenvalue weighted by Crippen LogP contribution is -2.45. The van der Waals surface area contributed by atoms with Gasteiger partial charge in [0, 0.05) is 5.69 Å². The van der Waals surface area contributed by atoms with Crippen LogP contribution in [-0.2, 0) is 11.2 Å². The number of hydrogen-bond donors (Lipinski definition) is 2. The number of nitrogens with two attached hydrogens (primary N) is 1. The number of anilines is 1. The predicted molar refractivity (Wildman–Crippen MR) is 70.0 cm³/mol. The standard InChI is InChI=1S/C12H18N2O.ClH/c1-4-9-5-7-10(8-6-9)14-11(15)12(2,3)13;/h5-8H,4,13H2,1-3H3,(H,14,15);1H. The van der Waals surface area contributed by atoms with Gasteiger partial charge in [0.2, 0.25) is 5.91 Å². The summed E-state index contributed by atoms with van der Waals surface area (Å²) in [6.45, 7) is 5.46. The van der Waals surface area contributed by atoms with Gasteiger partial charge in [0.25, 0.3) is 0 Å². The van der Waals surface area contributed by atoms with Crippen molar-refractivity contribution in [3.8, 4) is 0 Å². The average molecular weight is 243 g/mol. The quantitative estimate of drug-likeness (QED) is 0.855. The van der Waals surface area contributed by atoms with Crippen molar-refractivity contribution in [3.05, 3.63) is 29.8 Å². The SMILES string of the molecule is CCc1ccc(NC(=O)C(C)(C)N)cc1.Cl. The molecule has 1 amide bonds. The van der Waals surface area contributed by atoms with Crippen LogP contribution in [0, 0.1) is 0 Å². The zero-order valence-electron chi connectivity index (χ0n) is 9.91. The van der Waals surface area contributed by atoms with Crippen molar-refractivity contribution in [2.75, 3.05) is 5.32 Å². The molecule has 0 aliphatic carbocycles. The Bertz CT molecular complexity index is 341.